The van der Waals surface area contributed by atoms with Crippen LogP contribution in [-0.2, 0) is 35.4 Å². The van der Waals surface area contributed by atoms with E-state index in [0.717, 1.165) is 44.4 Å². The number of nitrogens with one attached hydrogen (secondary N) is 2. The first-order chi connectivity index (χ1) is 31.5. The Hall–Kier alpha value is -5.95. The SMILES string of the molecule is CC(Cl)Cl.COc1cc(CNc2nc3c(Br)cccc3c3nc(CO)nn23)cc(OC)c1.COc1cc(CNc2nc3c(C#N)cccc3c3nc(CCl)nn23)cc(OC)c1.CS(C)(=O)=O. The molecule has 0 spiro atoms. The number of nitrogens with zero attached hydrogens (tertiary/aromatic N) is 9. The molecule has 0 aliphatic heterocycles. The van der Waals surface area contributed by atoms with Gasteiger partial charge in [0.2, 0.25) is 11.9 Å². The molecule has 0 saturated heterocycles. The fraction of sp³-hybridized carbons (Fsp3) is 0.279. The number of sulfone groups is 1. The summed E-state index contributed by atoms with van der Waals surface area (Å²) in [5.41, 5.74) is 4.89. The largest absolute Gasteiger partial charge is 0.497 e. The van der Waals surface area contributed by atoms with Crippen LogP contribution in [0.4, 0.5) is 11.9 Å². The molecule has 0 bridgehead atoms. The third-order valence-corrected chi connectivity index (χ3v) is 9.63. The van der Waals surface area contributed by atoms with E-state index in [4.69, 9.17) is 58.7 Å². The van der Waals surface area contributed by atoms with Gasteiger partial charge in [-0.3, -0.25) is 0 Å². The van der Waals surface area contributed by atoms with Gasteiger partial charge in [-0.2, -0.15) is 14.3 Å². The number of rotatable bonds is 12. The van der Waals surface area contributed by atoms with E-state index >= 15 is 0 Å². The highest BCUT2D eigenvalue weighted by Gasteiger charge is 2.17. The topological polar surface area (TPSA) is 225 Å². The molecule has 4 heterocycles. The van der Waals surface area contributed by atoms with Crippen molar-refractivity contribution < 1.29 is 32.5 Å². The highest BCUT2D eigenvalue weighted by Crippen LogP contribution is 2.29. The summed E-state index contributed by atoms with van der Waals surface area (Å²) in [4.78, 5) is 18.1. The number of alkyl halides is 3. The Morgan fingerprint density at radius 1 is 0.727 bits per heavy atom. The van der Waals surface area contributed by atoms with Gasteiger partial charge in [0, 0.05) is 53.0 Å². The molecule has 0 aliphatic carbocycles. The summed E-state index contributed by atoms with van der Waals surface area (Å²) in [6.45, 7) is 2.36. The molecular formula is C43H45BrCl3N11O7S. The van der Waals surface area contributed by atoms with Gasteiger partial charge in [0.05, 0.1) is 50.9 Å². The summed E-state index contributed by atoms with van der Waals surface area (Å²) < 4.78 is 44.6. The zero-order chi connectivity index (χ0) is 48.1. The van der Waals surface area contributed by atoms with E-state index in [-0.39, 0.29) is 17.3 Å². The lowest BCUT2D eigenvalue weighted by Gasteiger charge is -2.12. The zero-order valence-corrected chi connectivity index (χ0v) is 41.3. The van der Waals surface area contributed by atoms with Crippen LogP contribution >= 0.6 is 50.7 Å². The smallest absolute Gasteiger partial charge is 0.226 e. The lowest BCUT2D eigenvalue weighted by atomic mass is 10.1. The summed E-state index contributed by atoms with van der Waals surface area (Å²) in [7, 11) is 3.77. The molecule has 0 radical (unpaired) electrons. The standard InChI is InChI=1S/C20H17ClN6O2.C19H18BrN5O3.C2H4Cl2.C2H6O2S/c1-28-14-6-12(7-15(8-14)29-2)11-23-20-25-18-13(10-22)4-3-5-16(18)19-24-17(9-21)26-27(19)20;1-27-12-6-11(7-13(8-12)28-2)9-21-19-23-17-14(4-3-5-15(17)20)18-22-16(10-26)24-25(18)19;1-2(3)4;1-5(2,3)4/h3-8H,9,11H2,1-2H3,(H,23,25);3-8,26H,9-10H2,1-2H3,(H,21,23);2H,1H3;1-2H3. The number of benzene rings is 4. The molecule has 4 aromatic heterocycles. The van der Waals surface area contributed by atoms with Crippen LogP contribution < -0.4 is 29.6 Å². The maximum Gasteiger partial charge on any atom is 0.226 e. The summed E-state index contributed by atoms with van der Waals surface area (Å²) >= 11 is 19.6. The quantitative estimate of drug-likeness (QED) is 0.0982. The molecular weight excluding hydrogens is 1000 g/mol. The molecule has 0 aliphatic rings. The van der Waals surface area contributed by atoms with Crippen molar-refractivity contribution in [1.29, 1.82) is 5.26 Å². The summed E-state index contributed by atoms with van der Waals surface area (Å²) in [5, 5.41) is 35.9. The molecule has 348 valence electrons. The van der Waals surface area contributed by atoms with Crippen molar-refractivity contribution in [3.63, 3.8) is 0 Å². The van der Waals surface area contributed by atoms with Gasteiger partial charge in [-0.05, 0) is 82.5 Å². The normalized spacial score (nSPS) is 10.9. The number of para-hydroxylation sites is 2. The number of halogens is 4. The molecule has 23 heteroatoms. The van der Waals surface area contributed by atoms with Gasteiger partial charge in [0.15, 0.2) is 22.9 Å². The van der Waals surface area contributed by atoms with E-state index in [0.29, 0.717) is 82.0 Å². The molecule has 18 nitrogen and oxygen atoms in total. The fourth-order valence-corrected chi connectivity index (χ4v) is 6.62. The molecule has 0 fully saturated rings. The van der Waals surface area contributed by atoms with Crippen molar-refractivity contribution in [3.05, 3.63) is 106 Å². The third kappa shape index (κ3) is 13.6. The number of aliphatic hydroxyl groups is 1. The van der Waals surface area contributed by atoms with Crippen LogP contribution in [0, 0.1) is 11.3 Å². The third-order valence-electron chi connectivity index (χ3n) is 8.75. The minimum absolute atomic E-state index is 0.174. The Kier molecular flexibility index (Phi) is 18.2. The molecule has 4 aromatic carbocycles. The van der Waals surface area contributed by atoms with Crippen LogP contribution in [0.3, 0.4) is 0 Å². The summed E-state index contributed by atoms with van der Waals surface area (Å²) in [5.74, 6) is 4.76. The Labute approximate surface area is 403 Å². The second-order valence-electron chi connectivity index (χ2n) is 13.9. The van der Waals surface area contributed by atoms with Gasteiger partial charge < -0.3 is 34.7 Å². The van der Waals surface area contributed by atoms with Crippen molar-refractivity contribution in [2.45, 2.75) is 37.3 Å². The second-order valence-corrected chi connectivity index (χ2v) is 18.9. The van der Waals surface area contributed by atoms with E-state index < -0.39 is 9.84 Å². The molecule has 0 atom stereocenters. The number of anilines is 2. The molecule has 8 aromatic rings. The van der Waals surface area contributed by atoms with Gasteiger partial charge in [-0.25, -0.2) is 28.4 Å². The van der Waals surface area contributed by atoms with E-state index in [2.05, 4.69) is 57.8 Å². The van der Waals surface area contributed by atoms with Gasteiger partial charge in [0.1, 0.15) is 50.3 Å². The van der Waals surface area contributed by atoms with E-state index in [1.54, 1.807) is 62.6 Å². The first-order valence-corrected chi connectivity index (χ1v) is 24.0. The fourth-order valence-electron chi connectivity index (χ4n) is 6.06. The first-order valence-electron chi connectivity index (χ1n) is 19.5. The van der Waals surface area contributed by atoms with Crippen LogP contribution in [-0.4, -0.2) is 98.5 Å². The second kappa shape index (κ2) is 23.5. The summed E-state index contributed by atoms with van der Waals surface area (Å²) in [6.07, 6.45) is 2.32. The van der Waals surface area contributed by atoms with Crippen molar-refractivity contribution in [3.8, 4) is 29.1 Å². The number of ether oxygens (including phenoxy) is 4. The molecule has 0 amide bonds. The molecule has 8 rings (SSSR count). The van der Waals surface area contributed by atoms with Crippen LogP contribution in [0.5, 0.6) is 23.0 Å². The van der Waals surface area contributed by atoms with Crippen LogP contribution in [0.1, 0.15) is 35.3 Å². The van der Waals surface area contributed by atoms with E-state index in [9.17, 15) is 18.8 Å². The van der Waals surface area contributed by atoms with Gasteiger partial charge >= 0.3 is 0 Å². The molecule has 3 N–H and O–H groups in total. The van der Waals surface area contributed by atoms with E-state index in [1.165, 1.54) is 0 Å². The number of nitriles is 1. The van der Waals surface area contributed by atoms with Crippen molar-refractivity contribution in [2.24, 2.45) is 0 Å². The average molecular weight is 1050 g/mol. The maximum absolute atomic E-state index is 9.63. The Bertz CT molecular complexity index is 3060. The summed E-state index contributed by atoms with van der Waals surface area (Å²) in [6, 6.07) is 24.6. The van der Waals surface area contributed by atoms with Gasteiger partial charge in [0.25, 0.3) is 0 Å². The average Bonchev–Trinajstić information content (AvgIpc) is 3.95. The first kappa shape index (κ1) is 51.0. The number of aliphatic hydroxyl groups excluding tert-OH is 1. The van der Waals surface area contributed by atoms with Crippen LogP contribution in [0.25, 0.3) is 33.1 Å². The Balaban J connectivity index is 0.000000209. The number of aromatic nitrogens is 8. The van der Waals surface area contributed by atoms with Crippen molar-refractivity contribution >= 4 is 106 Å². The minimum atomic E-state index is -2.67. The molecule has 0 unspecified atom stereocenters. The van der Waals surface area contributed by atoms with Crippen LogP contribution in [0.2, 0.25) is 0 Å². The lowest BCUT2D eigenvalue weighted by Crippen LogP contribution is -2.09. The van der Waals surface area contributed by atoms with Crippen molar-refractivity contribution in [1.82, 2.24) is 39.2 Å². The molecule has 66 heavy (non-hydrogen) atoms. The number of methoxy groups -OCH3 is 4. The monoisotopic (exact) mass is 1040 g/mol. The highest BCUT2D eigenvalue weighted by molar-refractivity contribution is 9.10. The Morgan fingerprint density at radius 2 is 1.14 bits per heavy atom. The minimum Gasteiger partial charge on any atom is -0.497 e. The number of fused-ring (bicyclic) bond motifs is 6. The number of hydrogen-bond acceptors (Lipinski definition) is 16. The predicted molar refractivity (Wildman–Crippen MR) is 260 cm³/mol. The lowest BCUT2D eigenvalue weighted by molar-refractivity contribution is 0.271. The van der Waals surface area contributed by atoms with Gasteiger partial charge in [-0.1, -0.05) is 12.1 Å². The Morgan fingerprint density at radius 3 is 1.56 bits per heavy atom. The van der Waals surface area contributed by atoms with Crippen LogP contribution in [0.15, 0.2) is 77.3 Å². The van der Waals surface area contributed by atoms with Gasteiger partial charge in [-0.15, -0.1) is 45.0 Å². The highest BCUT2D eigenvalue weighted by atomic mass is 79.9. The number of hydrogen-bond donors (Lipinski definition) is 3. The predicted octanol–water partition coefficient (Wildman–Crippen LogP) is 8.15. The maximum atomic E-state index is 9.63. The molecule has 0 saturated carbocycles. The van der Waals surface area contributed by atoms with E-state index in [1.807, 2.05) is 54.6 Å². The van der Waals surface area contributed by atoms with Crippen molar-refractivity contribution in [2.75, 3.05) is 51.6 Å². The zero-order valence-electron chi connectivity index (χ0n) is 36.7.